The Kier molecular flexibility index (Phi) is 5.11. The topological polar surface area (TPSA) is 80.9 Å². The van der Waals surface area contributed by atoms with Gasteiger partial charge in [-0.2, -0.15) is 5.10 Å². The molecule has 28 heavy (non-hydrogen) atoms. The Balaban J connectivity index is 1.78. The fourth-order valence-corrected chi connectivity index (χ4v) is 3.52. The number of carbonyl (C=O) groups is 1. The van der Waals surface area contributed by atoms with E-state index < -0.39 is 0 Å². The number of ether oxygens (including phenoxy) is 1. The number of nitrogens with zero attached hydrogens (tertiary/aromatic N) is 4. The second-order valence-corrected chi connectivity index (χ2v) is 6.75. The number of fused-ring (bicyclic) bond motifs is 1. The van der Waals surface area contributed by atoms with Gasteiger partial charge in [-0.3, -0.25) is 14.8 Å². The van der Waals surface area contributed by atoms with Gasteiger partial charge in [-0.1, -0.05) is 6.08 Å². The van der Waals surface area contributed by atoms with Crippen LogP contribution in [0.15, 0.2) is 70.9 Å². The highest BCUT2D eigenvalue weighted by Crippen LogP contribution is 2.32. The van der Waals surface area contributed by atoms with Crippen molar-refractivity contribution in [1.29, 1.82) is 0 Å². The summed E-state index contributed by atoms with van der Waals surface area (Å²) in [6, 6.07) is 9.42. The average Bonchev–Trinajstić information content (AvgIpc) is 3.13. The quantitative estimate of drug-likeness (QED) is 0.536. The number of hydrogen-bond acceptors (Lipinski definition) is 6. The molecule has 0 aliphatic carbocycles. The van der Waals surface area contributed by atoms with Crippen molar-refractivity contribution in [3.8, 4) is 17.0 Å². The van der Waals surface area contributed by atoms with Gasteiger partial charge in [0.2, 0.25) is 4.80 Å². The van der Waals surface area contributed by atoms with E-state index in [0.717, 1.165) is 21.6 Å². The number of hydrogen-bond donors (Lipinski definition) is 1. The lowest BCUT2D eigenvalue weighted by molar-refractivity contribution is -0.118. The molecule has 0 spiro atoms. The van der Waals surface area contributed by atoms with Gasteiger partial charge in [0.1, 0.15) is 5.75 Å². The Bertz CT molecular complexity index is 1120. The zero-order valence-electron chi connectivity index (χ0n) is 14.9. The van der Waals surface area contributed by atoms with E-state index in [0.29, 0.717) is 18.0 Å². The summed E-state index contributed by atoms with van der Waals surface area (Å²) in [5, 5.41) is 9.44. The predicted molar refractivity (Wildman–Crippen MR) is 110 cm³/mol. The third-order valence-corrected chi connectivity index (χ3v) is 4.83. The lowest BCUT2D eigenvalue weighted by atomic mass is 10.1. The number of pyridine rings is 1. The van der Waals surface area contributed by atoms with E-state index >= 15 is 0 Å². The largest absolute Gasteiger partial charge is 0.482 e. The molecule has 4 rings (SSSR count). The number of carbonyl (C=O) groups excluding carboxylic acids is 1. The molecule has 1 aromatic carbocycles. The van der Waals surface area contributed by atoms with Crippen LogP contribution < -0.4 is 14.9 Å². The third-order valence-electron chi connectivity index (χ3n) is 3.98. The lowest BCUT2D eigenvalue weighted by Gasteiger charge is -2.18. The highest BCUT2D eigenvalue weighted by molar-refractivity contribution is 7.07. The summed E-state index contributed by atoms with van der Waals surface area (Å²) in [5.74, 6) is 0.488. The second kappa shape index (κ2) is 8.01. The van der Waals surface area contributed by atoms with Crippen LogP contribution in [0.5, 0.6) is 5.75 Å². The molecule has 0 atom stereocenters. The molecule has 0 saturated heterocycles. The fourth-order valence-electron chi connectivity index (χ4n) is 2.68. The van der Waals surface area contributed by atoms with Crippen molar-refractivity contribution < 1.29 is 9.53 Å². The SMILES string of the molecule is C=CCN=c1scc(-c2ccc3c(c2)NC(=O)CO3)n1N=Cc1ccncc1. The average molecular weight is 391 g/mol. The fraction of sp³-hybridized carbons (Fsp3) is 0.100. The Hall–Kier alpha value is -3.52. The Morgan fingerprint density at radius 3 is 3.00 bits per heavy atom. The molecule has 0 unspecified atom stereocenters. The van der Waals surface area contributed by atoms with E-state index in [2.05, 4.69) is 27.0 Å². The van der Waals surface area contributed by atoms with Crippen LogP contribution in [0.2, 0.25) is 0 Å². The molecule has 2 aromatic heterocycles. The molecule has 0 saturated carbocycles. The van der Waals surface area contributed by atoms with E-state index in [1.807, 2.05) is 35.7 Å². The molecule has 0 fully saturated rings. The van der Waals surface area contributed by atoms with Crippen molar-refractivity contribution in [2.45, 2.75) is 0 Å². The number of amides is 1. The maximum Gasteiger partial charge on any atom is 0.262 e. The van der Waals surface area contributed by atoms with Gasteiger partial charge in [-0.05, 0) is 35.9 Å². The molecular weight excluding hydrogens is 374 g/mol. The van der Waals surface area contributed by atoms with Gasteiger partial charge in [0, 0.05) is 23.3 Å². The molecule has 3 heterocycles. The van der Waals surface area contributed by atoms with Crippen LogP contribution in [0.1, 0.15) is 5.56 Å². The van der Waals surface area contributed by atoms with Crippen molar-refractivity contribution >= 4 is 29.1 Å². The lowest BCUT2D eigenvalue weighted by Crippen LogP contribution is -2.25. The summed E-state index contributed by atoms with van der Waals surface area (Å²) in [6.07, 6.45) is 6.93. The molecule has 1 amide bonds. The van der Waals surface area contributed by atoms with Crippen molar-refractivity contribution in [2.24, 2.45) is 10.1 Å². The molecule has 8 heteroatoms. The summed E-state index contributed by atoms with van der Waals surface area (Å²) >= 11 is 1.49. The summed E-state index contributed by atoms with van der Waals surface area (Å²) in [7, 11) is 0. The van der Waals surface area contributed by atoms with Crippen LogP contribution in [0.3, 0.4) is 0 Å². The predicted octanol–water partition coefficient (Wildman–Crippen LogP) is 2.91. The van der Waals surface area contributed by atoms with E-state index in [-0.39, 0.29) is 12.5 Å². The minimum Gasteiger partial charge on any atom is -0.482 e. The van der Waals surface area contributed by atoms with Crippen LogP contribution >= 0.6 is 11.3 Å². The molecule has 140 valence electrons. The van der Waals surface area contributed by atoms with Gasteiger partial charge in [0.05, 0.1) is 24.1 Å². The standard InChI is InChI=1S/C20H17N5O2S/c1-2-7-22-20-25(23-11-14-5-8-21-9-6-14)17(13-28-20)15-3-4-18-16(10-15)24-19(26)12-27-18/h2-6,8-11,13H,1,7,12H2,(H,24,26). The normalized spacial score (nSPS) is 13.9. The molecule has 1 aliphatic rings. The summed E-state index contributed by atoms with van der Waals surface area (Å²) in [5.41, 5.74) is 3.34. The molecule has 1 N–H and O–H groups in total. The molecule has 3 aromatic rings. The van der Waals surface area contributed by atoms with Crippen LogP contribution in [0.25, 0.3) is 11.3 Å². The van der Waals surface area contributed by atoms with Gasteiger partial charge in [0.15, 0.2) is 6.61 Å². The van der Waals surface area contributed by atoms with Crippen molar-refractivity contribution in [3.05, 3.63) is 71.1 Å². The molecular formula is C20H17N5O2S. The number of thiazole rings is 1. The number of aromatic nitrogens is 2. The first kappa shape index (κ1) is 17.9. The number of benzene rings is 1. The zero-order chi connectivity index (χ0) is 19.3. The first-order chi connectivity index (χ1) is 13.7. The van der Waals surface area contributed by atoms with Crippen LogP contribution in [-0.2, 0) is 4.79 Å². The minimum atomic E-state index is -0.166. The molecule has 1 aliphatic heterocycles. The highest BCUT2D eigenvalue weighted by atomic mass is 32.1. The van der Waals surface area contributed by atoms with Gasteiger partial charge in [-0.25, -0.2) is 4.68 Å². The van der Waals surface area contributed by atoms with Gasteiger partial charge in [0.25, 0.3) is 5.91 Å². The first-order valence-corrected chi connectivity index (χ1v) is 9.46. The number of rotatable bonds is 5. The first-order valence-electron chi connectivity index (χ1n) is 8.58. The minimum absolute atomic E-state index is 0.0333. The summed E-state index contributed by atoms with van der Waals surface area (Å²) < 4.78 is 7.22. The summed E-state index contributed by atoms with van der Waals surface area (Å²) in [4.78, 5) is 20.9. The zero-order valence-corrected chi connectivity index (χ0v) is 15.7. The van der Waals surface area contributed by atoms with E-state index in [4.69, 9.17) is 4.74 Å². The Morgan fingerprint density at radius 2 is 2.18 bits per heavy atom. The van der Waals surface area contributed by atoms with E-state index in [9.17, 15) is 4.79 Å². The van der Waals surface area contributed by atoms with E-state index in [1.165, 1.54) is 11.3 Å². The number of anilines is 1. The number of nitrogens with one attached hydrogen (secondary N) is 1. The van der Waals surface area contributed by atoms with Crippen LogP contribution in [0.4, 0.5) is 5.69 Å². The van der Waals surface area contributed by atoms with Crippen LogP contribution in [0, 0.1) is 0 Å². The maximum atomic E-state index is 11.6. The van der Waals surface area contributed by atoms with Gasteiger partial charge >= 0.3 is 0 Å². The molecule has 7 nitrogen and oxygen atoms in total. The smallest absolute Gasteiger partial charge is 0.262 e. The highest BCUT2D eigenvalue weighted by Gasteiger charge is 2.17. The molecule has 0 radical (unpaired) electrons. The summed E-state index contributed by atoms with van der Waals surface area (Å²) in [6.45, 7) is 4.25. The maximum absolute atomic E-state index is 11.6. The Morgan fingerprint density at radius 1 is 1.32 bits per heavy atom. The Labute approximate surface area is 165 Å². The van der Waals surface area contributed by atoms with Gasteiger partial charge in [-0.15, -0.1) is 17.9 Å². The second-order valence-electron chi connectivity index (χ2n) is 5.92. The van der Waals surface area contributed by atoms with Crippen molar-refractivity contribution in [2.75, 3.05) is 18.5 Å². The van der Waals surface area contributed by atoms with E-state index in [1.54, 1.807) is 29.4 Å². The third kappa shape index (κ3) is 3.77. The van der Waals surface area contributed by atoms with Crippen LogP contribution in [-0.4, -0.2) is 34.9 Å². The van der Waals surface area contributed by atoms with Crippen molar-refractivity contribution in [3.63, 3.8) is 0 Å². The van der Waals surface area contributed by atoms with Crippen molar-refractivity contribution in [1.82, 2.24) is 9.66 Å². The molecule has 0 bridgehead atoms. The van der Waals surface area contributed by atoms with Gasteiger partial charge < -0.3 is 10.1 Å². The monoisotopic (exact) mass is 391 g/mol.